The Morgan fingerprint density at radius 1 is 1.10 bits per heavy atom. The van der Waals surface area contributed by atoms with Crippen molar-refractivity contribution >= 4 is 11.6 Å². The van der Waals surface area contributed by atoms with E-state index in [1.807, 2.05) is 19.1 Å². The monoisotopic (exact) mass is 412 g/mol. The van der Waals surface area contributed by atoms with Crippen LogP contribution < -0.4 is 4.90 Å². The van der Waals surface area contributed by atoms with Gasteiger partial charge in [-0.25, -0.2) is 0 Å². The maximum absolute atomic E-state index is 13.4. The number of carbonyl (C=O) groups is 1. The van der Waals surface area contributed by atoms with Crippen molar-refractivity contribution in [2.75, 3.05) is 11.4 Å². The van der Waals surface area contributed by atoms with Crippen molar-refractivity contribution in [3.05, 3.63) is 65.7 Å². The molecule has 1 aliphatic heterocycles. The second-order valence-corrected chi connectivity index (χ2v) is 7.90. The second-order valence-electron chi connectivity index (χ2n) is 7.90. The molecule has 5 nitrogen and oxygen atoms in total. The van der Waals surface area contributed by atoms with Crippen LogP contribution in [0.25, 0.3) is 11.1 Å². The van der Waals surface area contributed by atoms with E-state index in [4.69, 9.17) is 0 Å². The first-order valence-electron chi connectivity index (χ1n) is 9.86. The molecule has 0 radical (unpaired) electrons. The van der Waals surface area contributed by atoms with Crippen LogP contribution in [0.1, 0.15) is 53.5 Å². The summed E-state index contributed by atoms with van der Waals surface area (Å²) in [5, 5.41) is 4.43. The van der Waals surface area contributed by atoms with Gasteiger partial charge in [0.15, 0.2) is 0 Å². The summed E-state index contributed by atoms with van der Waals surface area (Å²) in [6.45, 7) is 2.27. The highest BCUT2D eigenvalue weighted by molar-refractivity contribution is 6.09. The number of aromatic nitrogens is 3. The SMILES string of the molecule is C[C@H]1CN(c2ccc(C(F)(F)F)cc2)C(=O)c2c(-c3ccnc(C4CC4)c3)cnn21. The van der Waals surface area contributed by atoms with Crippen molar-refractivity contribution in [3.8, 4) is 11.1 Å². The molecular formula is C22H19F3N4O. The van der Waals surface area contributed by atoms with Gasteiger partial charge in [0, 0.05) is 35.6 Å². The molecule has 3 heterocycles. The molecule has 30 heavy (non-hydrogen) atoms. The number of anilines is 1. The predicted octanol–water partition coefficient (Wildman–Crippen LogP) is 5.06. The molecular weight excluding hydrogens is 393 g/mol. The first-order valence-corrected chi connectivity index (χ1v) is 9.86. The van der Waals surface area contributed by atoms with E-state index in [1.54, 1.807) is 17.1 Å². The Morgan fingerprint density at radius 2 is 1.83 bits per heavy atom. The third-order valence-electron chi connectivity index (χ3n) is 5.70. The van der Waals surface area contributed by atoms with E-state index in [9.17, 15) is 18.0 Å². The highest BCUT2D eigenvalue weighted by atomic mass is 19.4. The Bertz CT molecular complexity index is 1120. The number of pyridine rings is 1. The minimum atomic E-state index is -4.41. The van der Waals surface area contributed by atoms with Gasteiger partial charge in [-0.2, -0.15) is 18.3 Å². The Labute approximate surface area is 171 Å². The number of nitrogens with zero attached hydrogens (tertiary/aromatic N) is 4. The number of rotatable bonds is 3. The van der Waals surface area contributed by atoms with Gasteiger partial charge in [0.25, 0.3) is 5.91 Å². The molecule has 1 amide bonds. The summed E-state index contributed by atoms with van der Waals surface area (Å²) in [6.07, 6.45) is 1.27. The van der Waals surface area contributed by atoms with Crippen molar-refractivity contribution < 1.29 is 18.0 Å². The van der Waals surface area contributed by atoms with Crippen molar-refractivity contribution in [3.63, 3.8) is 0 Å². The van der Waals surface area contributed by atoms with Crippen LogP contribution in [0.15, 0.2) is 48.8 Å². The minimum Gasteiger partial charge on any atom is -0.305 e. The average Bonchev–Trinajstić information content (AvgIpc) is 3.48. The minimum absolute atomic E-state index is 0.113. The molecule has 1 saturated carbocycles. The predicted molar refractivity (Wildman–Crippen MR) is 105 cm³/mol. The van der Waals surface area contributed by atoms with Gasteiger partial charge in [-0.3, -0.25) is 14.5 Å². The van der Waals surface area contributed by atoms with E-state index >= 15 is 0 Å². The summed E-state index contributed by atoms with van der Waals surface area (Å²) in [5.41, 5.74) is 2.76. The Hall–Kier alpha value is -3.16. The lowest BCUT2D eigenvalue weighted by Gasteiger charge is -2.32. The summed E-state index contributed by atoms with van der Waals surface area (Å²) >= 11 is 0. The molecule has 0 saturated heterocycles. The van der Waals surface area contributed by atoms with Crippen molar-refractivity contribution in [2.24, 2.45) is 0 Å². The number of hydrogen-bond donors (Lipinski definition) is 0. The van der Waals surface area contributed by atoms with Gasteiger partial charge < -0.3 is 4.90 Å². The van der Waals surface area contributed by atoms with Gasteiger partial charge in [-0.15, -0.1) is 0 Å². The highest BCUT2D eigenvalue weighted by Crippen LogP contribution is 2.41. The molecule has 0 N–H and O–H groups in total. The average molecular weight is 412 g/mol. The van der Waals surface area contributed by atoms with Crippen LogP contribution in [0.3, 0.4) is 0 Å². The Kier molecular flexibility index (Phi) is 4.20. The molecule has 3 aromatic rings. The fourth-order valence-electron chi connectivity index (χ4n) is 3.94. The highest BCUT2D eigenvalue weighted by Gasteiger charge is 2.35. The number of fused-ring (bicyclic) bond motifs is 1. The van der Waals surface area contributed by atoms with Crippen molar-refractivity contribution in [1.82, 2.24) is 14.8 Å². The van der Waals surface area contributed by atoms with E-state index < -0.39 is 11.7 Å². The van der Waals surface area contributed by atoms with Gasteiger partial charge in [0.05, 0.1) is 17.8 Å². The Balaban J connectivity index is 1.52. The van der Waals surface area contributed by atoms with E-state index in [-0.39, 0.29) is 11.9 Å². The molecule has 1 fully saturated rings. The van der Waals surface area contributed by atoms with Crippen molar-refractivity contribution in [1.29, 1.82) is 0 Å². The molecule has 8 heteroatoms. The standard InChI is InChI=1S/C22H19F3N4O/c1-13-12-28(17-6-4-16(5-7-17)22(23,24)25)21(30)20-18(11-27-29(13)20)15-8-9-26-19(10-15)14-2-3-14/h4-11,13-14H,2-3,12H2,1H3/t13-/m0/s1. The smallest absolute Gasteiger partial charge is 0.305 e. The molecule has 0 spiro atoms. The number of alkyl halides is 3. The summed E-state index contributed by atoms with van der Waals surface area (Å²) < 4.78 is 40.4. The van der Waals surface area contributed by atoms with Gasteiger partial charge in [0.2, 0.25) is 0 Å². The lowest BCUT2D eigenvalue weighted by Crippen LogP contribution is -2.42. The largest absolute Gasteiger partial charge is 0.416 e. The van der Waals surface area contributed by atoms with Crippen LogP contribution in [-0.4, -0.2) is 27.2 Å². The zero-order valence-corrected chi connectivity index (χ0v) is 16.2. The topological polar surface area (TPSA) is 51.0 Å². The quantitative estimate of drug-likeness (QED) is 0.604. The first-order chi connectivity index (χ1) is 14.3. The van der Waals surface area contributed by atoms with Crippen molar-refractivity contribution in [2.45, 2.75) is 37.9 Å². The molecule has 2 aliphatic rings. The molecule has 1 aliphatic carbocycles. The molecule has 154 valence electrons. The first kappa shape index (κ1) is 18.8. The number of amides is 1. The normalized spacial score (nSPS) is 19.1. The number of halogens is 3. The van der Waals surface area contributed by atoms with E-state index in [0.717, 1.165) is 36.2 Å². The molecule has 1 atom stereocenters. The van der Waals surface area contributed by atoms with E-state index in [0.29, 0.717) is 29.4 Å². The molecule has 5 rings (SSSR count). The molecule has 0 unspecified atom stereocenters. The van der Waals surface area contributed by atoms with Gasteiger partial charge in [-0.1, -0.05) is 0 Å². The number of benzene rings is 1. The van der Waals surface area contributed by atoms with Crippen LogP contribution >= 0.6 is 0 Å². The molecule has 2 aromatic heterocycles. The van der Waals surface area contributed by atoms with Crippen LogP contribution in [0.2, 0.25) is 0 Å². The molecule has 1 aromatic carbocycles. The van der Waals surface area contributed by atoms with E-state index in [2.05, 4.69) is 10.1 Å². The zero-order valence-electron chi connectivity index (χ0n) is 16.2. The summed E-state index contributed by atoms with van der Waals surface area (Å²) in [5.74, 6) is 0.208. The zero-order chi connectivity index (χ0) is 21.0. The third kappa shape index (κ3) is 3.16. The second kappa shape index (κ2) is 6.68. The van der Waals surface area contributed by atoms with Crippen LogP contribution in [-0.2, 0) is 6.18 Å². The van der Waals surface area contributed by atoms with Crippen LogP contribution in [0, 0.1) is 0 Å². The maximum atomic E-state index is 13.4. The maximum Gasteiger partial charge on any atom is 0.416 e. The number of carbonyl (C=O) groups excluding carboxylic acids is 1. The van der Waals surface area contributed by atoms with Crippen LogP contribution in [0.5, 0.6) is 0 Å². The fraction of sp³-hybridized carbons (Fsp3) is 0.318. The summed E-state index contributed by atoms with van der Waals surface area (Å²) in [7, 11) is 0. The summed E-state index contributed by atoms with van der Waals surface area (Å²) in [4.78, 5) is 19.3. The number of hydrogen-bond acceptors (Lipinski definition) is 3. The third-order valence-corrected chi connectivity index (χ3v) is 5.70. The van der Waals surface area contributed by atoms with Gasteiger partial charge in [0.1, 0.15) is 5.69 Å². The van der Waals surface area contributed by atoms with E-state index in [1.165, 1.54) is 17.0 Å². The summed E-state index contributed by atoms with van der Waals surface area (Å²) in [6, 6.07) is 8.45. The molecule has 0 bridgehead atoms. The lowest BCUT2D eigenvalue weighted by atomic mass is 10.0. The van der Waals surface area contributed by atoms with Gasteiger partial charge in [-0.05, 0) is 61.7 Å². The Morgan fingerprint density at radius 3 is 2.50 bits per heavy atom. The van der Waals surface area contributed by atoms with Gasteiger partial charge >= 0.3 is 6.18 Å². The van der Waals surface area contributed by atoms with Crippen LogP contribution in [0.4, 0.5) is 18.9 Å². The lowest BCUT2D eigenvalue weighted by molar-refractivity contribution is -0.137. The fourth-order valence-corrected chi connectivity index (χ4v) is 3.94.